The molecule has 0 aromatic rings. The molecule has 0 bridgehead atoms. The first kappa shape index (κ1) is 31.4. The Morgan fingerprint density at radius 1 is 1.09 bits per heavy atom. The molecule has 2 heterocycles. The van der Waals surface area contributed by atoms with Gasteiger partial charge < -0.3 is 34.6 Å². The van der Waals surface area contributed by atoms with Crippen molar-refractivity contribution in [2.75, 3.05) is 6.61 Å². The molecule has 2 aliphatic heterocycles. The van der Waals surface area contributed by atoms with Crippen LogP contribution < -0.4 is 0 Å². The van der Waals surface area contributed by atoms with Crippen LogP contribution in [0.2, 0.25) is 0 Å². The van der Waals surface area contributed by atoms with Crippen molar-refractivity contribution in [1.82, 2.24) is 0 Å². The summed E-state index contributed by atoms with van der Waals surface area (Å²) in [4.78, 5) is 27.0. The fourth-order valence-electron chi connectivity index (χ4n) is 11.9. The minimum atomic E-state index is -1.33. The van der Waals surface area contributed by atoms with Crippen LogP contribution in [0.3, 0.4) is 0 Å². The maximum absolute atomic E-state index is 13.9. The largest absolute Gasteiger partial charge is 0.392 e. The minimum Gasteiger partial charge on any atom is -0.392 e. The standard InChI is InChI=1S/C35H52O9/c1-17(12-18(36)28-31(4,5)44-28)25-19(37)13-32(6)22-9-8-21-30(2,3)24(43-29-27(41)26(40)20(38)15-42-29)10-11-34(21)16-35(22,34)23(39)14-33(25,32)7/h9,17,20-21,23-29,38-41H,8,10-16H2,1-7H3/t17?,20?,21?,23?,24?,25?,26?,27?,28?,29?,32-,33+,34+,35-/m0/s1. The third-order valence-electron chi connectivity index (χ3n) is 14.4. The minimum absolute atomic E-state index is 0.0687. The summed E-state index contributed by atoms with van der Waals surface area (Å²) in [6.07, 6.45) is 0.934. The first-order valence-electron chi connectivity index (χ1n) is 16.8. The molecule has 2 saturated heterocycles. The highest BCUT2D eigenvalue weighted by molar-refractivity contribution is 5.90. The predicted molar refractivity (Wildman–Crippen MR) is 159 cm³/mol. The monoisotopic (exact) mass is 616 g/mol. The molecule has 7 aliphatic rings. The maximum Gasteiger partial charge on any atom is 0.186 e. The Morgan fingerprint density at radius 2 is 1.77 bits per heavy atom. The molecule has 7 rings (SSSR count). The summed E-state index contributed by atoms with van der Waals surface area (Å²) in [7, 11) is 0. The number of hydrogen-bond donors (Lipinski definition) is 4. The Hall–Kier alpha value is -1.20. The van der Waals surface area contributed by atoms with Crippen molar-refractivity contribution in [2.24, 2.45) is 44.8 Å². The van der Waals surface area contributed by atoms with E-state index in [0.717, 1.165) is 25.7 Å². The number of hydrogen-bond acceptors (Lipinski definition) is 9. The van der Waals surface area contributed by atoms with Crippen molar-refractivity contribution < 1.29 is 44.2 Å². The van der Waals surface area contributed by atoms with Gasteiger partial charge in [0.05, 0.1) is 24.4 Å². The van der Waals surface area contributed by atoms with Gasteiger partial charge in [0.25, 0.3) is 0 Å². The van der Waals surface area contributed by atoms with Gasteiger partial charge >= 0.3 is 0 Å². The fourth-order valence-corrected chi connectivity index (χ4v) is 11.9. The SMILES string of the molecule is CC(CC(=O)C1OC1(C)C)C1C(=O)C[C@@]2(C)C3=CCC4C(C)(C)C(OC5OCC(O)C(O)C5O)CC[C@@]45C[C@@]35C(O)C[C@]12C. The summed E-state index contributed by atoms with van der Waals surface area (Å²) in [6, 6.07) is 0. The van der Waals surface area contributed by atoms with E-state index in [0.29, 0.717) is 19.3 Å². The highest BCUT2D eigenvalue weighted by Gasteiger charge is 2.84. The molecule has 2 spiro atoms. The number of epoxide rings is 1. The molecule has 10 unspecified atom stereocenters. The number of aliphatic hydroxyl groups excluding tert-OH is 4. The van der Waals surface area contributed by atoms with Crippen LogP contribution in [0.4, 0.5) is 0 Å². The quantitative estimate of drug-likeness (QED) is 0.261. The van der Waals surface area contributed by atoms with Crippen molar-refractivity contribution >= 4 is 11.6 Å². The van der Waals surface area contributed by atoms with E-state index in [1.807, 2.05) is 20.8 Å². The number of ether oxygens (including phenoxy) is 3. The predicted octanol–water partition coefficient (Wildman–Crippen LogP) is 3.09. The topological polar surface area (TPSA) is 146 Å². The normalized spacial score (nSPS) is 53.8. The van der Waals surface area contributed by atoms with E-state index in [9.17, 15) is 30.0 Å². The molecule has 9 nitrogen and oxygen atoms in total. The van der Waals surface area contributed by atoms with Crippen molar-refractivity contribution in [3.8, 4) is 0 Å². The van der Waals surface area contributed by atoms with Gasteiger partial charge in [0.15, 0.2) is 12.1 Å². The van der Waals surface area contributed by atoms with Crippen LogP contribution in [0.5, 0.6) is 0 Å². The van der Waals surface area contributed by atoms with Gasteiger partial charge in [-0.3, -0.25) is 9.59 Å². The van der Waals surface area contributed by atoms with Crippen molar-refractivity contribution in [1.29, 1.82) is 0 Å². The number of ketones is 2. The highest BCUT2D eigenvalue weighted by Crippen LogP contribution is 2.87. The van der Waals surface area contributed by atoms with Crippen LogP contribution in [0.25, 0.3) is 0 Å². The van der Waals surface area contributed by atoms with E-state index in [-0.39, 0.29) is 63.7 Å². The third kappa shape index (κ3) is 3.84. The lowest BCUT2D eigenvalue weighted by atomic mass is 9.44. The lowest BCUT2D eigenvalue weighted by Gasteiger charge is -2.61. The van der Waals surface area contributed by atoms with Gasteiger partial charge in [0.2, 0.25) is 0 Å². The third-order valence-corrected chi connectivity index (χ3v) is 14.4. The smallest absolute Gasteiger partial charge is 0.186 e. The molecule has 4 saturated carbocycles. The van der Waals surface area contributed by atoms with Gasteiger partial charge in [-0.25, -0.2) is 0 Å². The van der Waals surface area contributed by atoms with E-state index < -0.39 is 47.8 Å². The lowest BCUT2D eigenvalue weighted by Crippen LogP contribution is -2.59. The highest BCUT2D eigenvalue weighted by atomic mass is 16.7. The molecule has 246 valence electrons. The fraction of sp³-hybridized carbons (Fsp3) is 0.886. The van der Waals surface area contributed by atoms with E-state index in [1.54, 1.807) is 0 Å². The van der Waals surface area contributed by atoms with Crippen molar-refractivity contribution in [3.05, 3.63) is 11.6 Å². The molecule has 0 aromatic carbocycles. The average Bonchev–Trinajstić information content (AvgIpc) is 3.78. The Kier molecular flexibility index (Phi) is 6.75. The Balaban J connectivity index is 1.15. The summed E-state index contributed by atoms with van der Waals surface area (Å²) in [5.74, 6) is 0.0812. The van der Waals surface area contributed by atoms with Crippen LogP contribution in [0, 0.1) is 44.8 Å². The second-order valence-electron chi connectivity index (χ2n) is 17.3. The zero-order valence-electron chi connectivity index (χ0n) is 27.3. The molecule has 44 heavy (non-hydrogen) atoms. The molecule has 0 amide bonds. The van der Waals surface area contributed by atoms with Gasteiger partial charge in [0, 0.05) is 29.6 Å². The molecular weight excluding hydrogens is 564 g/mol. The van der Waals surface area contributed by atoms with Crippen molar-refractivity contribution in [2.45, 2.75) is 142 Å². The number of rotatable bonds is 6. The Bertz CT molecular complexity index is 1290. The molecule has 6 fully saturated rings. The van der Waals surface area contributed by atoms with E-state index in [4.69, 9.17) is 14.2 Å². The van der Waals surface area contributed by atoms with Crippen LogP contribution in [0.1, 0.15) is 93.4 Å². The van der Waals surface area contributed by atoms with Gasteiger partial charge in [-0.15, -0.1) is 0 Å². The molecule has 14 atom stereocenters. The zero-order chi connectivity index (χ0) is 32.0. The van der Waals surface area contributed by atoms with E-state index in [1.165, 1.54) is 5.57 Å². The van der Waals surface area contributed by atoms with Crippen LogP contribution >= 0.6 is 0 Å². The summed E-state index contributed by atoms with van der Waals surface area (Å²) < 4.78 is 17.6. The van der Waals surface area contributed by atoms with Crippen LogP contribution in [0.15, 0.2) is 11.6 Å². The summed E-state index contributed by atoms with van der Waals surface area (Å²) >= 11 is 0. The van der Waals surface area contributed by atoms with E-state index in [2.05, 4.69) is 33.8 Å². The second kappa shape index (κ2) is 9.45. The van der Waals surface area contributed by atoms with E-state index >= 15 is 0 Å². The second-order valence-corrected chi connectivity index (χ2v) is 17.3. The molecule has 0 aromatic heterocycles. The van der Waals surface area contributed by atoms with Gasteiger partial charge in [-0.1, -0.05) is 46.3 Å². The number of carbonyl (C=O) groups excluding carboxylic acids is 2. The molecule has 9 heteroatoms. The zero-order valence-corrected chi connectivity index (χ0v) is 27.3. The number of Topliss-reactive ketones (excluding diaryl/α,β-unsaturated/α-hetero) is 2. The maximum atomic E-state index is 13.9. The molecular formula is C35H52O9. The lowest BCUT2D eigenvalue weighted by molar-refractivity contribution is -0.301. The summed E-state index contributed by atoms with van der Waals surface area (Å²) in [5.41, 5.74) is -0.761. The number of fused-ring (bicyclic) bond motifs is 2. The molecule has 5 aliphatic carbocycles. The number of allylic oxidation sites excluding steroid dienone is 1. The molecule has 4 N–H and O–H groups in total. The number of carbonyl (C=O) groups is 2. The summed E-state index contributed by atoms with van der Waals surface area (Å²) in [6.45, 7) is 14.6. The Labute approximate surface area is 260 Å². The molecule has 0 radical (unpaired) electrons. The van der Waals surface area contributed by atoms with Crippen LogP contribution in [-0.4, -0.2) is 87.1 Å². The number of aliphatic hydroxyl groups is 4. The first-order chi connectivity index (χ1) is 20.4. The first-order valence-corrected chi connectivity index (χ1v) is 16.8. The average molecular weight is 617 g/mol. The van der Waals surface area contributed by atoms with Gasteiger partial charge in [-0.2, -0.15) is 0 Å². The van der Waals surface area contributed by atoms with Gasteiger partial charge in [0.1, 0.15) is 30.2 Å². The van der Waals surface area contributed by atoms with Gasteiger partial charge in [-0.05, 0) is 74.0 Å². The van der Waals surface area contributed by atoms with Crippen LogP contribution in [-0.2, 0) is 23.8 Å². The van der Waals surface area contributed by atoms with Crippen molar-refractivity contribution in [3.63, 3.8) is 0 Å². The summed E-state index contributed by atoms with van der Waals surface area (Å²) in [5, 5.41) is 42.9. The Morgan fingerprint density at radius 3 is 2.43 bits per heavy atom.